The van der Waals surface area contributed by atoms with E-state index in [4.69, 9.17) is 20.4 Å². The second kappa shape index (κ2) is 8.68. The summed E-state index contributed by atoms with van der Waals surface area (Å²) < 4.78 is 12.8. The van der Waals surface area contributed by atoms with Gasteiger partial charge in [-0.2, -0.15) is 5.10 Å². The number of furan rings is 2. The average Bonchev–Trinajstić information content (AvgIpc) is 3.60. The molecule has 4 aromatic rings. The Bertz CT molecular complexity index is 1270. The molecule has 0 radical (unpaired) electrons. The number of carbonyl (C=O) groups excluding carboxylic acids is 1. The van der Waals surface area contributed by atoms with Crippen LogP contribution in [-0.2, 0) is 4.79 Å². The molecule has 0 aliphatic carbocycles. The van der Waals surface area contributed by atoms with Crippen molar-refractivity contribution in [1.29, 1.82) is 0 Å². The lowest BCUT2D eigenvalue weighted by Crippen LogP contribution is -2.28. The topological polar surface area (TPSA) is 89.7 Å². The molecular formula is C22H18ClN5O3S. The van der Waals surface area contributed by atoms with E-state index in [0.717, 1.165) is 11.3 Å². The van der Waals surface area contributed by atoms with Crippen molar-refractivity contribution >= 4 is 35.0 Å². The predicted octanol–water partition coefficient (Wildman–Crippen LogP) is 4.89. The highest BCUT2D eigenvalue weighted by atomic mass is 35.5. The molecule has 10 heteroatoms. The first-order valence-electron chi connectivity index (χ1n) is 9.86. The summed E-state index contributed by atoms with van der Waals surface area (Å²) in [4.78, 5) is 13.2. The molecule has 0 spiro atoms. The molecule has 1 aliphatic heterocycles. The highest BCUT2D eigenvalue weighted by molar-refractivity contribution is 7.99. The van der Waals surface area contributed by atoms with Gasteiger partial charge >= 0.3 is 0 Å². The van der Waals surface area contributed by atoms with E-state index in [1.807, 2.05) is 37.3 Å². The Morgan fingerprint density at radius 1 is 1.22 bits per heavy atom. The molecule has 162 valence electrons. The van der Waals surface area contributed by atoms with Gasteiger partial charge in [0, 0.05) is 11.4 Å². The third-order valence-corrected chi connectivity index (χ3v) is 6.45. The number of hydrazone groups is 1. The summed E-state index contributed by atoms with van der Waals surface area (Å²) in [6.07, 6.45) is 5.29. The van der Waals surface area contributed by atoms with Crippen LogP contribution < -0.4 is 0 Å². The normalized spacial score (nSPS) is 15.9. The van der Waals surface area contributed by atoms with Crippen molar-refractivity contribution in [2.24, 2.45) is 5.10 Å². The minimum Gasteiger partial charge on any atom is -0.467 e. The lowest BCUT2D eigenvalue weighted by Gasteiger charge is -2.19. The van der Waals surface area contributed by atoms with Gasteiger partial charge in [-0.15, -0.1) is 10.2 Å². The second-order valence-corrected chi connectivity index (χ2v) is 8.55. The molecule has 1 atom stereocenters. The molecule has 1 unspecified atom stereocenters. The fourth-order valence-corrected chi connectivity index (χ4v) is 4.41. The number of thioether (sulfide) groups is 1. The smallest absolute Gasteiger partial charge is 0.253 e. The predicted molar refractivity (Wildman–Crippen MR) is 120 cm³/mol. The van der Waals surface area contributed by atoms with Crippen LogP contribution in [0.5, 0.6) is 0 Å². The quantitative estimate of drug-likeness (QED) is 0.375. The van der Waals surface area contributed by atoms with Gasteiger partial charge in [0.25, 0.3) is 5.91 Å². The fourth-order valence-electron chi connectivity index (χ4n) is 3.46. The molecule has 8 nitrogen and oxygen atoms in total. The van der Waals surface area contributed by atoms with Crippen molar-refractivity contribution in [3.05, 3.63) is 83.4 Å². The van der Waals surface area contributed by atoms with Gasteiger partial charge in [0.1, 0.15) is 29.6 Å². The zero-order valence-corrected chi connectivity index (χ0v) is 18.6. The van der Waals surface area contributed by atoms with Crippen molar-refractivity contribution in [1.82, 2.24) is 19.8 Å². The van der Waals surface area contributed by atoms with E-state index in [-0.39, 0.29) is 17.7 Å². The van der Waals surface area contributed by atoms with Crippen LogP contribution in [-0.4, -0.2) is 37.1 Å². The molecule has 0 N–H and O–H groups in total. The Morgan fingerprint density at radius 3 is 2.81 bits per heavy atom. The lowest BCUT2D eigenvalue weighted by molar-refractivity contribution is -0.130. The maximum Gasteiger partial charge on any atom is 0.253 e. The summed E-state index contributed by atoms with van der Waals surface area (Å²) in [7, 11) is 0. The van der Waals surface area contributed by atoms with Crippen molar-refractivity contribution in [2.75, 3.05) is 5.75 Å². The van der Waals surface area contributed by atoms with Crippen molar-refractivity contribution < 1.29 is 13.6 Å². The molecular weight excluding hydrogens is 450 g/mol. The zero-order chi connectivity index (χ0) is 22.1. The van der Waals surface area contributed by atoms with Gasteiger partial charge in [0.15, 0.2) is 5.16 Å². The van der Waals surface area contributed by atoms with Crippen LogP contribution >= 0.6 is 23.4 Å². The van der Waals surface area contributed by atoms with Crippen molar-refractivity contribution in [3.63, 3.8) is 0 Å². The van der Waals surface area contributed by atoms with Crippen LogP contribution in [0.4, 0.5) is 0 Å². The Balaban J connectivity index is 1.35. The van der Waals surface area contributed by atoms with Crippen molar-refractivity contribution in [2.45, 2.75) is 24.5 Å². The van der Waals surface area contributed by atoms with E-state index < -0.39 is 0 Å². The molecule has 1 aliphatic rings. The van der Waals surface area contributed by atoms with E-state index in [1.165, 1.54) is 16.8 Å². The van der Waals surface area contributed by atoms with Gasteiger partial charge in [-0.1, -0.05) is 29.4 Å². The fraction of sp³-hybridized carbons (Fsp3) is 0.182. The molecule has 4 heterocycles. The van der Waals surface area contributed by atoms with Gasteiger partial charge in [-0.05, 0) is 48.9 Å². The van der Waals surface area contributed by atoms with Crippen LogP contribution in [0.3, 0.4) is 0 Å². The van der Waals surface area contributed by atoms with E-state index in [9.17, 15) is 4.79 Å². The highest BCUT2D eigenvalue weighted by Crippen LogP contribution is 2.34. The highest BCUT2D eigenvalue weighted by Gasteiger charge is 2.35. The van der Waals surface area contributed by atoms with Crippen molar-refractivity contribution in [3.8, 4) is 5.69 Å². The maximum atomic E-state index is 13.2. The van der Waals surface area contributed by atoms with E-state index in [0.29, 0.717) is 33.8 Å². The molecule has 1 amide bonds. The number of rotatable bonds is 6. The summed E-state index contributed by atoms with van der Waals surface area (Å²) in [5.41, 5.74) is 2.51. The molecule has 5 rings (SSSR count). The first-order chi connectivity index (χ1) is 15.6. The monoisotopic (exact) mass is 467 g/mol. The van der Waals surface area contributed by atoms with Gasteiger partial charge in [-0.25, -0.2) is 5.01 Å². The Hall–Kier alpha value is -3.30. The van der Waals surface area contributed by atoms with Crippen LogP contribution in [0.25, 0.3) is 5.69 Å². The Labute approximate surface area is 192 Å². The van der Waals surface area contributed by atoms with Gasteiger partial charge < -0.3 is 8.83 Å². The summed E-state index contributed by atoms with van der Waals surface area (Å²) >= 11 is 7.55. The third kappa shape index (κ3) is 3.96. The molecule has 0 saturated heterocycles. The third-order valence-electron chi connectivity index (χ3n) is 5.12. The first kappa shape index (κ1) is 20.6. The van der Waals surface area contributed by atoms with E-state index in [2.05, 4.69) is 15.3 Å². The average molecular weight is 468 g/mol. The molecule has 0 saturated carbocycles. The molecule has 1 aromatic carbocycles. The molecule has 3 aromatic heterocycles. The Morgan fingerprint density at radius 2 is 2.06 bits per heavy atom. The number of amides is 1. The van der Waals surface area contributed by atoms with Crippen LogP contribution in [0.1, 0.15) is 29.5 Å². The van der Waals surface area contributed by atoms with Crippen LogP contribution in [0.2, 0.25) is 5.02 Å². The van der Waals surface area contributed by atoms with Crippen LogP contribution in [0.15, 0.2) is 80.4 Å². The number of nitrogens with zero attached hydrogens (tertiary/aromatic N) is 5. The number of hydrogen-bond acceptors (Lipinski definition) is 7. The Kier molecular flexibility index (Phi) is 5.59. The molecule has 32 heavy (non-hydrogen) atoms. The summed E-state index contributed by atoms with van der Waals surface area (Å²) in [5.74, 6) is 1.27. The summed E-state index contributed by atoms with van der Waals surface area (Å²) in [6.45, 7) is 1.94. The summed E-state index contributed by atoms with van der Waals surface area (Å²) in [6, 6.07) is 12.7. The SMILES string of the molecule is Cc1ccc(-n2cnnc2SCC(=O)N2N=C(c3ccco3)CC2c2ccco2)cc1Cl. The zero-order valence-electron chi connectivity index (χ0n) is 17.0. The largest absolute Gasteiger partial charge is 0.467 e. The number of aryl methyl sites for hydroxylation is 1. The minimum absolute atomic E-state index is 0.129. The first-order valence-corrected chi connectivity index (χ1v) is 11.2. The van der Waals surface area contributed by atoms with Crippen LogP contribution in [0, 0.1) is 6.92 Å². The van der Waals surface area contributed by atoms with Gasteiger partial charge in [-0.3, -0.25) is 9.36 Å². The van der Waals surface area contributed by atoms with E-state index >= 15 is 0 Å². The molecule has 0 bridgehead atoms. The number of aromatic nitrogens is 3. The number of carbonyl (C=O) groups is 1. The maximum absolute atomic E-state index is 13.2. The lowest BCUT2D eigenvalue weighted by atomic mass is 10.1. The number of benzene rings is 1. The minimum atomic E-state index is -0.327. The summed E-state index contributed by atoms with van der Waals surface area (Å²) in [5, 5.41) is 15.4. The standard InChI is InChI=1S/C22H18ClN5O3S/c1-14-6-7-15(10-16(14)23)27-13-24-25-22(27)32-12-21(29)28-18(20-5-3-9-31-20)11-17(26-28)19-4-2-8-30-19/h2-10,13,18H,11-12H2,1H3. The number of hydrogen-bond donors (Lipinski definition) is 0. The number of halogens is 1. The van der Waals surface area contributed by atoms with E-state index in [1.54, 1.807) is 35.6 Å². The second-order valence-electron chi connectivity index (χ2n) is 7.20. The van der Waals surface area contributed by atoms with Gasteiger partial charge in [0.2, 0.25) is 0 Å². The van der Waals surface area contributed by atoms with Gasteiger partial charge in [0.05, 0.1) is 24.0 Å². The molecule has 0 fully saturated rings.